The molecule has 0 aliphatic rings. The Morgan fingerprint density at radius 2 is 1.65 bits per heavy atom. The normalized spacial score (nSPS) is 10.3. The number of rotatable bonds is 6. The highest BCUT2D eigenvalue weighted by atomic mass is 35.5. The van der Waals surface area contributed by atoms with Crippen LogP contribution >= 0.6 is 11.6 Å². The molecule has 0 radical (unpaired) electrons. The van der Waals surface area contributed by atoms with E-state index in [4.69, 9.17) is 21.8 Å². The number of aliphatic hydroxyl groups excluding tert-OH is 2. The lowest BCUT2D eigenvalue weighted by Gasteiger charge is -2.20. The van der Waals surface area contributed by atoms with Gasteiger partial charge >= 0.3 is 0 Å². The summed E-state index contributed by atoms with van der Waals surface area (Å²) >= 11 is 5.66. The fraction of sp³-hybridized carbons (Fsp3) is 0.417. The van der Waals surface area contributed by atoms with Gasteiger partial charge in [-0.05, 0) is 17.7 Å². The Morgan fingerprint density at radius 3 is 2.06 bits per heavy atom. The highest BCUT2D eigenvalue weighted by Gasteiger charge is 2.14. The molecule has 0 atom stereocenters. The lowest BCUT2D eigenvalue weighted by atomic mass is 10.1. The van der Waals surface area contributed by atoms with Crippen LogP contribution in [0.2, 0.25) is 0 Å². The zero-order valence-electron chi connectivity index (χ0n) is 9.47. The second kappa shape index (κ2) is 7.27. The topological polar surface area (TPSA) is 60.8 Å². The number of hydrogen-bond donors (Lipinski definition) is 2. The predicted molar refractivity (Wildman–Crippen MR) is 66.1 cm³/mol. The lowest BCUT2D eigenvalue weighted by Crippen LogP contribution is -2.35. The summed E-state index contributed by atoms with van der Waals surface area (Å²) in [5, 5.41) is 17.7. The van der Waals surface area contributed by atoms with Crippen LogP contribution in [0.25, 0.3) is 0 Å². The van der Waals surface area contributed by atoms with E-state index in [0.29, 0.717) is 11.4 Å². The molecule has 94 valence electrons. The molecule has 5 heteroatoms. The van der Waals surface area contributed by atoms with Crippen molar-refractivity contribution >= 4 is 17.5 Å². The van der Waals surface area contributed by atoms with E-state index in [2.05, 4.69) is 0 Å². The van der Waals surface area contributed by atoms with Crippen LogP contribution in [-0.4, -0.2) is 47.3 Å². The minimum atomic E-state index is -0.200. The Labute approximate surface area is 105 Å². The van der Waals surface area contributed by atoms with Crippen molar-refractivity contribution < 1.29 is 15.0 Å². The van der Waals surface area contributed by atoms with Crippen LogP contribution in [0.4, 0.5) is 0 Å². The van der Waals surface area contributed by atoms with Crippen molar-refractivity contribution in [2.24, 2.45) is 0 Å². The number of carbonyl (C=O) groups excluding carboxylic acids is 1. The van der Waals surface area contributed by atoms with Gasteiger partial charge in [0, 0.05) is 24.5 Å². The zero-order valence-corrected chi connectivity index (χ0v) is 10.2. The molecule has 1 aromatic carbocycles. The number of amides is 1. The molecule has 1 aromatic rings. The van der Waals surface area contributed by atoms with Crippen molar-refractivity contribution in [3.63, 3.8) is 0 Å². The molecule has 0 aliphatic carbocycles. The molecule has 2 N–H and O–H groups in total. The molecule has 0 bridgehead atoms. The number of alkyl halides is 1. The highest BCUT2D eigenvalue weighted by molar-refractivity contribution is 6.17. The maximum absolute atomic E-state index is 12.0. The number of aliphatic hydroxyl groups is 2. The number of benzene rings is 1. The second-order valence-electron chi connectivity index (χ2n) is 3.57. The molecule has 0 unspecified atom stereocenters. The molecule has 1 amide bonds. The molecule has 0 heterocycles. The van der Waals surface area contributed by atoms with Crippen LogP contribution in [0.5, 0.6) is 0 Å². The Bertz CT molecular complexity index is 347. The molecule has 0 spiro atoms. The molecular formula is C12H16ClNO3. The van der Waals surface area contributed by atoms with E-state index in [9.17, 15) is 4.79 Å². The van der Waals surface area contributed by atoms with E-state index in [1.54, 1.807) is 24.3 Å². The summed E-state index contributed by atoms with van der Waals surface area (Å²) in [4.78, 5) is 13.4. The average Bonchev–Trinajstić information content (AvgIpc) is 2.38. The summed E-state index contributed by atoms with van der Waals surface area (Å²) < 4.78 is 0. The third-order valence-corrected chi connectivity index (χ3v) is 2.69. The third-order valence-electron chi connectivity index (χ3n) is 2.38. The van der Waals surface area contributed by atoms with Crippen molar-refractivity contribution in [1.29, 1.82) is 0 Å². The van der Waals surface area contributed by atoms with Crippen LogP contribution in [0.15, 0.2) is 24.3 Å². The molecule has 0 fully saturated rings. The standard InChI is InChI=1S/C12H16ClNO3/c13-9-10-1-3-11(4-2-10)12(17)14(5-7-15)6-8-16/h1-4,15-16H,5-9H2. The van der Waals surface area contributed by atoms with Crippen molar-refractivity contribution in [2.75, 3.05) is 26.3 Å². The molecule has 0 saturated carbocycles. The van der Waals surface area contributed by atoms with Crippen LogP contribution in [0, 0.1) is 0 Å². The van der Waals surface area contributed by atoms with Crippen molar-refractivity contribution in [1.82, 2.24) is 4.90 Å². The molecule has 4 nitrogen and oxygen atoms in total. The summed E-state index contributed by atoms with van der Waals surface area (Å²) in [6.45, 7) is 0.199. The summed E-state index contributed by atoms with van der Waals surface area (Å²) in [5.41, 5.74) is 1.47. The van der Waals surface area contributed by atoms with Gasteiger partial charge in [0.25, 0.3) is 5.91 Å². The first-order valence-corrected chi connectivity index (χ1v) is 5.92. The van der Waals surface area contributed by atoms with Crippen molar-refractivity contribution in [3.8, 4) is 0 Å². The molecule has 0 aromatic heterocycles. The van der Waals surface area contributed by atoms with Gasteiger partial charge in [-0.25, -0.2) is 0 Å². The van der Waals surface area contributed by atoms with Gasteiger partial charge in [-0.1, -0.05) is 12.1 Å². The Balaban J connectivity index is 2.77. The van der Waals surface area contributed by atoms with Gasteiger partial charge in [-0.15, -0.1) is 11.6 Å². The van der Waals surface area contributed by atoms with Gasteiger partial charge in [0.2, 0.25) is 0 Å². The minimum absolute atomic E-state index is 0.120. The monoisotopic (exact) mass is 257 g/mol. The van der Waals surface area contributed by atoms with Crippen LogP contribution in [0.1, 0.15) is 15.9 Å². The summed E-state index contributed by atoms with van der Waals surface area (Å²) in [6.07, 6.45) is 0. The first kappa shape index (κ1) is 14.0. The van der Waals surface area contributed by atoms with E-state index in [1.165, 1.54) is 4.90 Å². The predicted octanol–water partition coefficient (Wildman–Crippen LogP) is 0.852. The molecule has 17 heavy (non-hydrogen) atoms. The van der Waals surface area contributed by atoms with Crippen LogP contribution < -0.4 is 0 Å². The van der Waals surface area contributed by atoms with Crippen molar-refractivity contribution in [2.45, 2.75) is 5.88 Å². The minimum Gasteiger partial charge on any atom is -0.395 e. The zero-order chi connectivity index (χ0) is 12.7. The Hall–Kier alpha value is -1.10. The molecule has 1 rings (SSSR count). The van der Waals surface area contributed by atoms with E-state index in [0.717, 1.165) is 5.56 Å². The van der Waals surface area contributed by atoms with Gasteiger partial charge in [0.15, 0.2) is 0 Å². The first-order chi connectivity index (χ1) is 8.22. The smallest absolute Gasteiger partial charge is 0.254 e. The molecule has 0 saturated heterocycles. The summed E-state index contributed by atoms with van der Waals surface area (Å²) in [7, 11) is 0. The Kier molecular flexibility index (Phi) is 5.97. The fourth-order valence-electron chi connectivity index (χ4n) is 1.48. The maximum Gasteiger partial charge on any atom is 0.254 e. The largest absolute Gasteiger partial charge is 0.395 e. The SMILES string of the molecule is O=C(c1ccc(CCl)cc1)N(CCO)CCO. The van der Waals surface area contributed by atoms with Gasteiger partial charge in [-0.3, -0.25) is 4.79 Å². The lowest BCUT2D eigenvalue weighted by molar-refractivity contribution is 0.0685. The summed E-state index contributed by atoms with van der Waals surface area (Å²) in [6, 6.07) is 6.97. The summed E-state index contributed by atoms with van der Waals surface area (Å²) in [5.74, 6) is 0.208. The number of halogens is 1. The number of hydrogen-bond acceptors (Lipinski definition) is 3. The Morgan fingerprint density at radius 1 is 1.12 bits per heavy atom. The third kappa shape index (κ3) is 4.00. The average molecular weight is 258 g/mol. The van der Waals surface area contributed by atoms with E-state index >= 15 is 0 Å². The number of carbonyl (C=O) groups is 1. The van der Waals surface area contributed by atoms with E-state index in [1.807, 2.05) is 0 Å². The first-order valence-electron chi connectivity index (χ1n) is 5.38. The highest BCUT2D eigenvalue weighted by Crippen LogP contribution is 2.09. The van der Waals surface area contributed by atoms with E-state index in [-0.39, 0.29) is 32.2 Å². The van der Waals surface area contributed by atoms with Crippen LogP contribution in [-0.2, 0) is 5.88 Å². The second-order valence-corrected chi connectivity index (χ2v) is 3.84. The van der Waals surface area contributed by atoms with Gasteiger partial charge < -0.3 is 15.1 Å². The maximum atomic E-state index is 12.0. The van der Waals surface area contributed by atoms with E-state index < -0.39 is 0 Å². The van der Waals surface area contributed by atoms with Gasteiger partial charge in [0.05, 0.1) is 13.2 Å². The molecular weight excluding hydrogens is 242 g/mol. The van der Waals surface area contributed by atoms with Gasteiger partial charge in [0.1, 0.15) is 0 Å². The van der Waals surface area contributed by atoms with Crippen molar-refractivity contribution in [3.05, 3.63) is 35.4 Å². The number of nitrogens with zero attached hydrogens (tertiary/aromatic N) is 1. The molecule has 0 aliphatic heterocycles. The fourth-order valence-corrected chi connectivity index (χ4v) is 1.65. The van der Waals surface area contributed by atoms with Crippen LogP contribution in [0.3, 0.4) is 0 Å². The quantitative estimate of drug-likeness (QED) is 0.743. The van der Waals surface area contributed by atoms with Gasteiger partial charge in [-0.2, -0.15) is 0 Å².